The fourth-order valence-corrected chi connectivity index (χ4v) is 1.77. The van der Waals surface area contributed by atoms with E-state index in [1.807, 2.05) is 6.92 Å². The number of rotatable bonds is 7. The van der Waals surface area contributed by atoms with Crippen molar-refractivity contribution >= 4 is 17.7 Å². The fraction of sp³-hybridized carbons (Fsp3) is 0.875. The molecule has 2 atom stereocenters. The molecule has 13 heavy (non-hydrogen) atoms. The van der Waals surface area contributed by atoms with Crippen LogP contribution in [0.25, 0.3) is 0 Å². The van der Waals surface area contributed by atoms with Gasteiger partial charge >= 0.3 is 5.97 Å². The van der Waals surface area contributed by atoms with Crippen LogP contribution in [-0.4, -0.2) is 40.3 Å². The standard InChI is InChI=1S/C8H17NO3S/c1-6(4-10)5-13-3-2-7(9)8(11)12/h6-7,10H,2-5,9H2,1H3,(H,11,12). The summed E-state index contributed by atoms with van der Waals surface area (Å²) in [4.78, 5) is 10.3. The van der Waals surface area contributed by atoms with Gasteiger partial charge in [-0.25, -0.2) is 0 Å². The van der Waals surface area contributed by atoms with Crippen molar-refractivity contribution < 1.29 is 15.0 Å². The molecule has 0 saturated heterocycles. The Morgan fingerprint density at radius 3 is 2.69 bits per heavy atom. The number of nitrogens with two attached hydrogens (primary N) is 1. The number of aliphatic hydroxyl groups excluding tert-OH is 1. The molecule has 0 radical (unpaired) electrons. The fourth-order valence-electron chi connectivity index (χ4n) is 0.671. The first-order valence-corrected chi connectivity index (χ1v) is 5.40. The van der Waals surface area contributed by atoms with Crippen molar-refractivity contribution in [3.8, 4) is 0 Å². The minimum atomic E-state index is -0.948. The number of aliphatic carboxylic acids is 1. The normalized spacial score (nSPS) is 15.3. The molecule has 4 N–H and O–H groups in total. The van der Waals surface area contributed by atoms with Crippen molar-refractivity contribution in [1.29, 1.82) is 0 Å². The zero-order valence-electron chi connectivity index (χ0n) is 7.77. The third-order valence-electron chi connectivity index (χ3n) is 1.60. The first-order valence-electron chi connectivity index (χ1n) is 4.25. The first-order chi connectivity index (χ1) is 6.07. The van der Waals surface area contributed by atoms with Crippen LogP contribution in [0.2, 0.25) is 0 Å². The molecule has 0 rings (SSSR count). The highest BCUT2D eigenvalue weighted by Gasteiger charge is 2.10. The van der Waals surface area contributed by atoms with Crippen LogP contribution in [0, 0.1) is 5.92 Å². The van der Waals surface area contributed by atoms with Crippen molar-refractivity contribution in [3.05, 3.63) is 0 Å². The van der Waals surface area contributed by atoms with Gasteiger partial charge in [0.2, 0.25) is 0 Å². The highest BCUT2D eigenvalue weighted by atomic mass is 32.2. The Labute approximate surface area is 82.5 Å². The van der Waals surface area contributed by atoms with Crippen LogP contribution in [0.15, 0.2) is 0 Å². The Kier molecular flexibility index (Phi) is 7.03. The molecule has 0 aromatic rings. The summed E-state index contributed by atoms with van der Waals surface area (Å²) in [6.07, 6.45) is 0.484. The van der Waals surface area contributed by atoms with Crippen LogP contribution in [0.1, 0.15) is 13.3 Å². The second-order valence-electron chi connectivity index (χ2n) is 3.10. The van der Waals surface area contributed by atoms with Crippen molar-refractivity contribution in [2.24, 2.45) is 11.7 Å². The van der Waals surface area contributed by atoms with Crippen LogP contribution in [0.4, 0.5) is 0 Å². The van der Waals surface area contributed by atoms with Gasteiger partial charge in [-0.15, -0.1) is 0 Å². The molecular weight excluding hydrogens is 190 g/mol. The molecule has 2 unspecified atom stereocenters. The SMILES string of the molecule is CC(CO)CSCCC(N)C(=O)O. The summed E-state index contributed by atoms with van der Waals surface area (Å²) in [5.41, 5.74) is 5.30. The lowest BCUT2D eigenvalue weighted by molar-refractivity contribution is -0.138. The average molecular weight is 207 g/mol. The smallest absolute Gasteiger partial charge is 0.320 e. The Bertz CT molecular complexity index is 154. The van der Waals surface area contributed by atoms with Crippen LogP contribution in [0.3, 0.4) is 0 Å². The van der Waals surface area contributed by atoms with Gasteiger partial charge < -0.3 is 15.9 Å². The molecule has 0 aliphatic rings. The molecule has 0 aliphatic carbocycles. The van der Waals surface area contributed by atoms with Gasteiger partial charge in [-0.05, 0) is 23.8 Å². The Morgan fingerprint density at radius 2 is 2.23 bits per heavy atom. The van der Waals surface area contributed by atoms with Gasteiger partial charge in [0.25, 0.3) is 0 Å². The summed E-state index contributed by atoms with van der Waals surface area (Å²) in [6, 6.07) is -0.753. The average Bonchev–Trinajstić information content (AvgIpc) is 2.11. The molecule has 0 aromatic heterocycles. The van der Waals surface area contributed by atoms with Gasteiger partial charge in [0.1, 0.15) is 6.04 Å². The molecule has 78 valence electrons. The number of aliphatic hydroxyl groups is 1. The third kappa shape index (κ3) is 6.86. The molecule has 0 heterocycles. The molecule has 0 saturated carbocycles. The van der Waals surface area contributed by atoms with Gasteiger partial charge in [0.15, 0.2) is 0 Å². The Morgan fingerprint density at radius 1 is 1.62 bits per heavy atom. The predicted molar refractivity (Wildman–Crippen MR) is 53.8 cm³/mol. The van der Waals surface area contributed by atoms with Crippen LogP contribution in [-0.2, 0) is 4.79 Å². The summed E-state index contributed by atoms with van der Waals surface area (Å²) in [6.45, 7) is 2.13. The van der Waals surface area contributed by atoms with E-state index in [4.69, 9.17) is 15.9 Å². The molecule has 4 nitrogen and oxygen atoms in total. The number of thioether (sulfide) groups is 1. The van der Waals surface area contributed by atoms with Crippen LogP contribution < -0.4 is 5.73 Å². The van der Waals surface area contributed by atoms with E-state index in [0.717, 1.165) is 11.5 Å². The van der Waals surface area contributed by atoms with Gasteiger partial charge in [-0.2, -0.15) is 11.8 Å². The Balaban J connectivity index is 3.30. The minimum absolute atomic E-state index is 0.179. The van der Waals surface area contributed by atoms with Crippen molar-refractivity contribution in [2.75, 3.05) is 18.1 Å². The lowest BCUT2D eigenvalue weighted by atomic mass is 10.2. The summed E-state index contributed by atoms with van der Waals surface area (Å²) < 4.78 is 0. The minimum Gasteiger partial charge on any atom is -0.480 e. The largest absolute Gasteiger partial charge is 0.480 e. The maximum Gasteiger partial charge on any atom is 0.320 e. The number of carboxylic acids is 1. The van der Waals surface area contributed by atoms with Crippen molar-refractivity contribution in [3.63, 3.8) is 0 Å². The highest BCUT2D eigenvalue weighted by Crippen LogP contribution is 2.09. The van der Waals surface area contributed by atoms with Crippen molar-refractivity contribution in [2.45, 2.75) is 19.4 Å². The zero-order chi connectivity index (χ0) is 10.3. The van der Waals surface area contributed by atoms with Crippen LogP contribution in [0.5, 0.6) is 0 Å². The molecule has 0 spiro atoms. The second-order valence-corrected chi connectivity index (χ2v) is 4.25. The van der Waals surface area contributed by atoms with E-state index in [1.54, 1.807) is 11.8 Å². The predicted octanol–water partition coefficient (Wildman–Crippen LogP) is 0.150. The number of hydrogen-bond acceptors (Lipinski definition) is 4. The van der Waals surface area contributed by atoms with Gasteiger partial charge in [0, 0.05) is 6.61 Å². The van der Waals surface area contributed by atoms with Crippen LogP contribution >= 0.6 is 11.8 Å². The van der Waals surface area contributed by atoms with E-state index < -0.39 is 12.0 Å². The van der Waals surface area contributed by atoms with Gasteiger partial charge in [-0.3, -0.25) is 4.79 Å². The molecule has 0 bridgehead atoms. The molecule has 0 amide bonds. The van der Waals surface area contributed by atoms with E-state index in [9.17, 15) is 4.79 Å². The van der Waals surface area contributed by atoms with E-state index in [2.05, 4.69) is 0 Å². The third-order valence-corrected chi connectivity index (χ3v) is 2.93. The number of carbonyl (C=O) groups is 1. The maximum atomic E-state index is 10.3. The summed E-state index contributed by atoms with van der Waals surface area (Å²) in [5, 5.41) is 17.2. The highest BCUT2D eigenvalue weighted by molar-refractivity contribution is 7.99. The van der Waals surface area contributed by atoms with Gasteiger partial charge in [0.05, 0.1) is 0 Å². The summed E-state index contributed by atoms with van der Waals surface area (Å²) in [7, 11) is 0. The maximum absolute atomic E-state index is 10.3. The number of hydrogen-bond donors (Lipinski definition) is 3. The molecule has 0 aliphatic heterocycles. The Hall–Kier alpha value is -0.260. The van der Waals surface area contributed by atoms with E-state index in [0.29, 0.717) is 6.42 Å². The lowest BCUT2D eigenvalue weighted by Gasteiger charge is -2.08. The topological polar surface area (TPSA) is 83.5 Å². The monoisotopic (exact) mass is 207 g/mol. The van der Waals surface area contributed by atoms with E-state index in [1.165, 1.54) is 0 Å². The van der Waals surface area contributed by atoms with E-state index in [-0.39, 0.29) is 12.5 Å². The molecule has 0 fully saturated rings. The second kappa shape index (κ2) is 7.17. The molecular formula is C8H17NO3S. The van der Waals surface area contributed by atoms with E-state index >= 15 is 0 Å². The first kappa shape index (κ1) is 12.7. The zero-order valence-corrected chi connectivity index (χ0v) is 8.59. The summed E-state index contributed by atoms with van der Waals surface area (Å²) in [5.74, 6) is 0.905. The molecule has 0 aromatic carbocycles. The quantitative estimate of drug-likeness (QED) is 0.518. The lowest BCUT2D eigenvalue weighted by Crippen LogP contribution is -2.30. The van der Waals surface area contributed by atoms with Gasteiger partial charge in [-0.1, -0.05) is 6.92 Å². The van der Waals surface area contributed by atoms with Crippen molar-refractivity contribution in [1.82, 2.24) is 0 Å². The summed E-state index contributed by atoms with van der Waals surface area (Å²) >= 11 is 1.63. The molecule has 5 heteroatoms. The number of carboxylic acid groups (broad SMARTS) is 1.